The summed E-state index contributed by atoms with van der Waals surface area (Å²) in [6, 6.07) is 18.8. The van der Waals surface area contributed by atoms with E-state index < -0.39 is 0 Å². The van der Waals surface area contributed by atoms with Gasteiger partial charge in [-0.2, -0.15) is 10.5 Å². The van der Waals surface area contributed by atoms with Gasteiger partial charge in [0.05, 0.1) is 0 Å². The van der Waals surface area contributed by atoms with Gasteiger partial charge in [0.15, 0.2) is 0 Å². The Morgan fingerprint density at radius 2 is 1.70 bits per heavy atom. The standard InChI is InChI=1S/C16H10ClN3/c17-15-3-1-2-14(8-15)13-4-6-16(7-5-13)20-11-12(9-18)10-19/h1-8,11,20H. The van der Waals surface area contributed by atoms with Gasteiger partial charge in [0.1, 0.15) is 17.7 Å². The summed E-state index contributed by atoms with van der Waals surface area (Å²) in [6.07, 6.45) is 1.38. The number of hydrogen-bond donors (Lipinski definition) is 1. The van der Waals surface area contributed by atoms with E-state index in [0.717, 1.165) is 16.8 Å². The molecule has 0 bridgehead atoms. The summed E-state index contributed by atoms with van der Waals surface area (Å²) in [5, 5.41) is 20.9. The first kappa shape index (κ1) is 13.7. The molecule has 0 saturated carbocycles. The number of anilines is 1. The highest BCUT2D eigenvalue weighted by atomic mass is 35.5. The molecule has 0 aromatic heterocycles. The minimum atomic E-state index is 0.0314. The van der Waals surface area contributed by atoms with Crippen molar-refractivity contribution in [3.8, 4) is 23.3 Å². The predicted octanol–water partition coefficient (Wildman–Crippen LogP) is 4.35. The van der Waals surface area contributed by atoms with E-state index in [4.69, 9.17) is 22.1 Å². The number of nitriles is 2. The summed E-state index contributed by atoms with van der Waals surface area (Å²) in [6.45, 7) is 0. The molecule has 4 heteroatoms. The van der Waals surface area contributed by atoms with Crippen LogP contribution in [-0.4, -0.2) is 0 Å². The van der Waals surface area contributed by atoms with E-state index in [1.807, 2.05) is 48.5 Å². The third-order valence-corrected chi connectivity index (χ3v) is 2.90. The molecule has 0 amide bonds. The van der Waals surface area contributed by atoms with Crippen LogP contribution in [0, 0.1) is 22.7 Å². The van der Waals surface area contributed by atoms with Gasteiger partial charge >= 0.3 is 0 Å². The molecule has 0 atom stereocenters. The maximum Gasteiger partial charge on any atom is 0.145 e. The lowest BCUT2D eigenvalue weighted by Gasteiger charge is -2.05. The van der Waals surface area contributed by atoms with Crippen LogP contribution < -0.4 is 5.32 Å². The highest BCUT2D eigenvalue weighted by Crippen LogP contribution is 2.24. The topological polar surface area (TPSA) is 59.6 Å². The van der Waals surface area contributed by atoms with E-state index in [2.05, 4.69) is 5.32 Å². The zero-order valence-corrected chi connectivity index (χ0v) is 11.2. The van der Waals surface area contributed by atoms with Crippen LogP contribution in [0.25, 0.3) is 11.1 Å². The van der Waals surface area contributed by atoms with E-state index in [0.29, 0.717) is 5.02 Å². The lowest BCUT2D eigenvalue weighted by Crippen LogP contribution is -1.89. The first-order chi connectivity index (χ1) is 9.72. The molecule has 2 aromatic carbocycles. The molecule has 3 nitrogen and oxygen atoms in total. The summed E-state index contributed by atoms with van der Waals surface area (Å²) < 4.78 is 0. The van der Waals surface area contributed by atoms with Crippen LogP contribution in [0.4, 0.5) is 5.69 Å². The number of benzene rings is 2. The third-order valence-electron chi connectivity index (χ3n) is 2.67. The van der Waals surface area contributed by atoms with Gasteiger partial charge in [-0.05, 0) is 35.4 Å². The highest BCUT2D eigenvalue weighted by Gasteiger charge is 1.99. The van der Waals surface area contributed by atoms with Gasteiger partial charge in [0.25, 0.3) is 0 Å². The Hall–Kier alpha value is -2.75. The zero-order valence-electron chi connectivity index (χ0n) is 10.5. The Bertz CT molecular complexity index is 703. The van der Waals surface area contributed by atoms with Crippen molar-refractivity contribution in [2.45, 2.75) is 0 Å². The van der Waals surface area contributed by atoms with Crippen LogP contribution in [-0.2, 0) is 0 Å². The molecule has 2 aromatic rings. The van der Waals surface area contributed by atoms with Crippen molar-refractivity contribution < 1.29 is 0 Å². The normalized spacial score (nSPS) is 9.15. The van der Waals surface area contributed by atoms with Gasteiger partial charge in [0, 0.05) is 16.9 Å². The Morgan fingerprint density at radius 1 is 1.00 bits per heavy atom. The van der Waals surface area contributed by atoms with Crippen LogP contribution in [0.5, 0.6) is 0 Å². The molecule has 0 aliphatic rings. The maximum absolute atomic E-state index is 8.63. The fourth-order valence-corrected chi connectivity index (χ4v) is 1.86. The molecule has 0 spiro atoms. The van der Waals surface area contributed by atoms with Gasteiger partial charge in [-0.3, -0.25) is 0 Å². The molecule has 20 heavy (non-hydrogen) atoms. The number of nitrogens with one attached hydrogen (secondary N) is 1. The lowest BCUT2D eigenvalue weighted by atomic mass is 10.1. The molecule has 0 fully saturated rings. The van der Waals surface area contributed by atoms with E-state index in [1.165, 1.54) is 6.20 Å². The zero-order chi connectivity index (χ0) is 14.4. The summed E-state index contributed by atoms with van der Waals surface area (Å²) >= 11 is 5.96. The van der Waals surface area contributed by atoms with Gasteiger partial charge in [-0.15, -0.1) is 0 Å². The summed E-state index contributed by atoms with van der Waals surface area (Å²) in [4.78, 5) is 0. The Kier molecular flexibility index (Phi) is 4.39. The number of halogens is 1. The van der Waals surface area contributed by atoms with Crippen molar-refractivity contribution in [3.63, 3.8) is 0 Å². The Morgan fingerprint density at radius 3 is 2.30 bits per heavy atom. The molecule has 0 saturated heterocycles. The molecule has 0 unspecified atom stereocenters. The average molecular weight is 280 g/mol. The second-order valence-corrected chi connectivity index (χ2v) is 4.45. The smallest absolute Gasteiger partial charge is 0.145 e. The van der Waals surface area contributed by atoms with Crippen LogP contribution in [0.1, 0.15) is 0 Å². The minimum absolute atomic E-state index is 0.0314. The number of nitrogens with zero attached hydrogens (tertiary/aromatic N) is 2. The molecule has 0 aliphatic heterocycles. The largest absolute Gasteiger partial charge is 0.360 e. The van der Waals surface area contributed by atoms with Crippen molar-refractivity contribution in [3.05, 3.63) is 65.3 Å². The lowest BCUT2D eigenvalue weighted by molar-refractivity contribution is 1.44. The number of rotatable bonds is 3. The van der Waals surface area contributed by atoms with Gasteiger partial charge in [-0.25, -0.2) is 0 Å². The summed E-state index contributed by atoms with van der Waals surface area (Å²) in [5.41, 5.74) is 2.92. The van der Waals surface area contributed by atoms with E-state index >= 15 is 0 Å². The van der Waals surface area contributed by atoms with E-state index in [9.17, 15) is 0 Å². The van der Waals surface area contributed by atoms with Crippen LogP contribution in [0.3, 0.4) is 0 Å². The Labute approximate surface area is 122 Å². The fourth-order valence-electron chi connectivity index (χ4n) is 1.67. The molecule has 0 aliphatic carbocycles. The Balaban J connectivity index is 2.17. The van der Waals surface area contributed by atoms with Crippen molar-refractivity contribution in [1.82, 2.24) is 0 Å². The molecule has 2 rings (SSSR count). The molecule has 0 radical (unpaired) electrons. The second kappa shape index (κ2) is 6.43. The van der Waals surface area contributed by atoms with E-state index in [-0.39, 0.29) is 5.57 Å². The SMILES string of the molecule is N#CC(C#N)=CNc1ccc(-c2cccc(Cl)c2)cc1. The van der Waals surface area contributed by atoms with Crippen molar-refractivity contribution in [2.75, 3.05) is 5.32 Å². The number of allylic oxidation sites excluding steroid dienone is 1. The molecule has 1 N–H and O–H groups in total. The van der Waals surface area contributed by atoms with Gasteiger partial charge in [0.2, 0.25) is 0 Å². The van der Waals surface area contributed by atoms with Crippen LogP contribution in [0.15, 0.2) is 60.3 Å². The minimum Gasteiger partial charge on any atom is -0.360 e. The maximum atomic E-state index is 8.63. The van der Waals surface area contributed by atoms with E-state index in [1.54, 1.807) is 12.1 Å². The quantitative estimate of drug-likeness (QED) is 0.850. The summed E-state index contributed by atoms with van der Waals surface area (Å²) in [5.74, 6) is 0. The summed E-state index contributed by atoms with van der Waals surface area (Å²) in [7, 11) is 0. The van der Waals surface area contributed by atoms with Crippen LogP contribution in [0.2, 0.25) is 5.02 Å². The monoisotopic (exact) mass is 279 g/mol. The molecule has 0 heterocycles. The highest BCUT2D eigenvalue weighted by molar-refractivity contribution is 6.30. The van der Waals surface area contributed by atoms with Crippen LogP contribution >= 0.6 is 11.6 Å². The molecular weight excluding hydrogens is 270 g/mol. The third kappa shape index (κ3) is 3.38. The molecule has 96 valence electrons. The van der Waals surface area contributed by atoms with Crippen molar-refractivity contribution in [2.24, 2.45) is 0 Å². The number of hydrogen-bond acceptors (Lipinski definition) is 3. The van der Waals surface area contributed by atoms with Crippen molar-refractivity contribution >= 4 is 17.3 Å². The average Bonchev–Trinajstić information content (AvgIpc) is 2.49. The fraction of sp³-hybridized carbons (Fsp3) is 0. The molecular formula is C16H10ClN3. The van der Waals surface area contributed by atoms with Crippen molar-refractivity contribution in [1.29, 1.82) is 10.5 Å². The first-order valence-electron chi connectivity index (χ1n) is 5.86. The predicted molar refractivity (Wildman–Crippen MR) is 79.8 cm³/mol. The van der Waals surface area contributed by atoms with Gasteiger partial charge in [-0.1, -0.05) is 35.9 Å². The first-order valence-corrected chi connectivity index (χ1v) is 6.23. The van der Waals surface area contributed by atoms with Gasteiger partial charge < -0.3 is 5.32 Å². The second-order valence-electron chi connectivity index (χ2n) is 4.01.